The molecule has 172 valence electrons. The molecule has 2 aromatic rings. The third kappa shape index (κ3) is 4.21. The van der Waals surface area contributed by atoms with Crippen molar-refractivity contribution < 1.29 is 37.3 Å². The summed E-state index contributed by atoms with van der Waals surface area (Å²) in [6.07, 6.45) is -2.67. The van der Waals surface area contributed by atoms with Crippen LogP contribution in [0, 0.1) is 0 Å². The normalized spacial score (nSPS) is 19.0. The molecule has 1 atom stereocenters. The van der Waals surface area contributed by atoms with E-state index in [9.17, 15) is 27.9 Å². The van der Waals surface area contributed by atoms with E-state index in [4.69, 9.17) is 4.74 Å². The Hall–Kier alpha value is -3.31. The Bertz CT molecular complexity index is 1030. The van der Waals surface area contributed by atoms with Gasteiger partial charge in [0.2, 0.25) is 0 Å². The van der Waals surface area contributed by atoms with Gasteiger partial charge in [0.1, 0.15) is 29.2 Å². The smallest absolute Gasteiger partial charge is 0.496 e. The summed E-state index contributed by atoms with van der Waals surface area (Å²) in [6, 6.07) is 2.67. The molecule has 1 N–H and O–H groups in total. The highest BCUT2D eigenvalue weighted by Gasteiger charge is 2.36. The first-order valence-electron chi connectivity index (χ1n) is 10.1. The molecule has 1 saturated heterocycles. The minimum Gasteiger partial charge on any atom is -0.496 e. The number of aryl methyl sites for hydroxylation is 1. The van der Waals surface area contributed by atoms with Gasteiger partial charge in [0.05, 0.1) is 12.7 Å². The number of alkyl halides is 3. The topological polar surface area (TPSA) is 107 Å². The second-order valence-electron chi connectivity index (χ2n) is 7.71. The molecule has 0 radical (unpaired) electrons. The van der Waals surface area contributed by atoms with Crippen LogP contribution in [0.5, 0.6) is 11.5 Å². The van der Waals surface area contributed by atoms with Gasteiger partial charge in [-0.25, -0.2) is 4.79 Å². The molecule has 2 aliphatic rings. The fraction of sp³-hybridized carbons (Fsp3) is 0.500. The summed E-state index contributed by atoms with van der Waals surface area (Å²) in [5, 5.41) is 17.8. The first-order valence-corrected chi connectivity index (χ1v) is 10.1. The lowest BCUT2D eigenvalue weighted by Crippen LogP contribution is -2.38. The number of carbonyl (C=O) groups is 2. The molecule has 1 amide bonds. The van der Waals surface area contributed by atoms with Gasteiger partial charge in [0, 0.05) is 31.5 Å². The van der Waals surface area contributed by atoms with Crippen LogP contribution in [0.3, 0.4) is 0 Å². The van der Waals surface area contributed by atoms with E-state index >= 15 is 0 Å². The van der Waals surface area contributed by atoms with Gasteiger partial charge < -0.3 is 24.0 Å². The number of likely N-dealkylation sites (tertiary alicyclic amines) is 1. The van der Waals surface area contributed by atoms with Crippen LogP contribution in [-0.2, 0) is 11.2 Å². The van der Waals surface area contributed by atoms with E-state index in [-0.39, 0.29) is 23.1 Å². The largest absolute Gasteiger partial charge is 0.573 e. The second-order valence-corrected chi connectivity index (χ2v) is 7.71. The van der Waals surface area contributed by atoms with Crippen LogP contribution in [0.25, 0.3) is 0 Å². The number of ether oxygens (including phenoxy) is 2. The summed E-state index contributed by atoms with van der Waals surface area (Å²) in [4.78, 5) is 26.1. The summed E-state index contributed by atoms with van der Waals surface area (Å²) in [5.41, 5.74) is 0.134. The van der Waals surface area contributed by atoms with Crippen molar-refractivity contribution in [3.8, 4) is 11.5 Å². The maximum Gasteiger partial charge on any atom is 0.573 e. The first-order chi connectivity index (χ1) is 15.2. The van der Waals surface area contributed by atoms with Gasteiger partial charge in [-0.2, -0.15) is 0 Å². The zero-order valence-electron chi connectivity index (χ0n) is 17.1. The number of aromatic nitrogens is 3. The average molecular weight is 454 g/mol. The quantitative estimate of drug-likeness (QED) is 0.740. The zero-order chi connectivity index (χ0) is 23.0. The maximum atomic E-state index is 13.0. The van der Waals surface area contributed by atoms with Crippen LogP contribution in [-0.4, -0.2) is 63.2 Å². The van der Waals surface area contributed by atoms with Gasteiger partial charge in [0.15, 0.2) is 0 Å². The van der Waals surface area contributed by atoms with Crippen molar-refractivity contribution in [2.24, 2.45) is 0 Å². The molecule has 1 aromatic heterocycles. The molecule has 1 aromatic carbocycles. The summed E-state index contributed by atoms with van der Waals surface area (Å²) < 4.78 is 48.0. The van der Waals surface area contributed by atoms with Crippen molar-refractivity contribution in [2.75, 3.05) is 20.2 Å². The molecule has 2 aliphatic heterocycles. The molecule has 3 heterocycles. The highest BCUT2D eigenvalue weighted by atomic mass is 19.4. The number of carboxylic acids is 1. The molecular weight excluding hydrogens is 433 g/mol. The van der Waals surface area contributed by atoms with E-state index in [1.807, 2.05) is 0 Å². The van der Waals surface area contributed by atoms with E-state index in [1.165, 1.54) is 13.2 Å². The SMILES string of the molecule is COc1cc(OC(F)(F)F)ccc1C(=O)N1CCC(c2nnc3n2C(C(=O)O)CC3)CC1. The lowest BCUT2D eigenvalue weighted by atomic mass is 9.95. The predicted molar refractivity (Wildman–Crippen MR) is 103 cm³/mol. The van der Waals surface area contributed by atoms with Gasteiger partial charge in [-0.3, -0.25) is 4.79 Å². The summed E-state index contributed by atoms with van der Waals surface area (Å²) >= 11 is 0. The maximum absolute atomic E-state index is 13.0. The number of carbonyl (C=O) groups excluding carboxylic acids is 1. The van der Waals surface area contributed by atoms with Crippen molar-refractivity contribution >= 4 is 11.9 Å². The molecule has 0 saturated carbocycles. The number of piperidine rings is 1. The lowest BCUT2D eigenvalue weighted by Gasteiger charge is -2.32. The van der Waals surface area contributed by atoms with Gasteiger partial charge in [-0.05, 0) is 31.4 Å². The Balaban J connectivity index is 1.45. The fourth-order valence-corrected chi connectivity index (χ4v) is 4.31. The van der Waals surface area contributed by atoms with Crippen molar-refractivity contribution in [3.63, 3.8) is 0 Å². The highest BCUT2D eigenvalue weighted by molar-refractivity contribution is 5.97. The molecule has 32 heavy (non-hydrogen) atoms. The number of amides is 1. The molecule has 1 unspecified atom stereocenters. The molecule has 12 heteroatoms. The van der Waals surface area contributed by atoms with Gasteiger partial charge in [-0.15, -0.1) is 23.4 Å². The summed E-state index contributed by atoms with van der Waals surface area (Å²) in [7, 11) is 1.26. The highest BCUT2D eigenvalue weighted by Crippen LogP contribution is 2.35. The number of rotatable bonds is 5. The van der Waals surface area contributed by atoms with Crippen LogP contribution in [0.4, 0.5) is 13.2 Å². The van der Waals surface area contributed by atoms with Crippen molar-refractivity contribution in [2.45, 2.75) is 44.0 Å². The second kappa shape index (κ2) is 8.32. The van der Waals surface area contributed by atoms with E-state index in [1.54, 1.807) is 9.47 Å². The number of nitrogens with zero attached hydrogens (tertiary/aromatic N) is 4. The van der Waals surface area contributed by atoms with Crippen molar-refractivity contribution in [1.82, 2.24) is 19.7 Å². The van der Waals surface area contributed by atoms with E-state index < -0.39 is 24.1 Å². The number of methoxy groups -OCH3 is 1. The van der Waals surface area contributed by atoms with E-state index in [0.717, 1.165) is 12.1 Å². The number of aliphatic carboxylic acids is 1. The standard InChI is InChI=1S/C20H21F3N4O5/c1-31-15-10-12(32-20(21,22)23)2-3-13(15)18(28)26-8-6-11(7-9-26)17-25-24-16-5-4-14(19(29)30)27(16)17/h2-3,10-11,14H,4-9H2,1H3,(H,29,30). The molecule has 0 bridgehead atoms. The number of hydrogen-bond acceptors (Lipinski definition) is 6. The fourth-order valence-electron chi connectivity index (χ4n) is 4.31. The number of halogens is 3. The molecule has 0 spiro atoms. The van der Waals surface area contributed by atoms with E-state index in [2.05, 4.69) is 14.9 Å². The third-order valence-electron chi connectivity index (χ3n) is 5.82. The molecular formula is C20H21F3N4O5. The monoisotopic (exact) mass is 454 g/mol. The number of hydrogen-bond donors (Lipinski definition) is 1. The number of carboxylic acid groups (broad SMARTS) is 1. The van der Waals surface area contributed by atoms with Gasteiger partial charge >= 0.3 is 12.3 Å². The Morgan fingerprint density at radius 3 is 2.50 bits per heavy atom. The summed E-state index contributed by atoms with van der Waals surface area (Å²) in [5.74, 6) is -0.516. The van der Waals surface area contributed by atoms with Crippen LogP contribution in [0.2, 0.25) is 0 Å². The third-order valence-corrected chi connectivity index (χ3v) is 5.82. The number of benzene rings is 1. The lowest BCUT2D eigenvalue weighted by molar-refractivity contribution is -0.274. The Kier molecular flexibility index (Phi) is 5.70. The predicted octanol–water partition coefficient (Wildman–Crippen LogP) is 2.78. The summed E-state index contributed by atoms with van der Waals surface area (Å²) in [6.45, 7) is 0.765. The average Bonchev–Trinajstić information content (AvgIpc) is 3.34. The molecule has 1 fully saturated rings. The Morgan fingerprint density at radius 1 is 1.16 bits per heavy atom. The first kappa shape index (κ1) is 21.9. The van der Waals surface area contributed by atoms with Crippen molar-refractivity contribution in [1.29, 1.82) is 0 Å². The van der Waals surface area contributed by atoms with Gasteiger partial charge in [-0.1, -0.05) is 0 Å². The van der Waals surface area contributed by atoms with Crippen LogP contribution >= 0.6 is 0 Å². The van der Waals surface area contributed by atoms with Crippen molar-refractivity contribution in [3.05, 3.63) is 35.4 Å². The molecule has 0 aliphatic carbocycles. The van der Waals surface area contributed by atoms with Crippen LogP contribution < -0.4 is 9.47 Å². The van der Waals surface area contributed by atoms with Crippen LogP contribution in [0.1, 0.15) is 53.2 Å². The molecule has 4 rings (SSSR count). The number of fused-ring (bicyclic) bond motifs is 1. The Labute approximate surface area is 180 Å². The van der Waals surface area contributed by atoms with E-state index in [0.29, 0.717) is 50.4 Å². The zero-order valence-corrected chi connectivity index (χ0v) is 17.1. The Morgan fingerprint density at radius 2 is 1.88 bits per heavy atom. The minimum atomic E-state index is -4.85. The van der Waals surface area contributed by atoms with Crippen LogP contribution in [0.15, 0.2) is 18.2 Å². The van der Waals surface area contributed by atoms with Gasteiger partial charge in [0.25, 0.3) is 5.91 Å². The minimum absolute atomic E-state index is 0.0153. The molecule has 9 nitrogen and oxygen atoms in total.